The molecular formula is C13H16ClN5O. The Balaban J connectivity index is 2.20. The van der Waals surface area contributed by atoms with Gasteiger partial charge in [0, 0.05) is 24.8 Å². The lowest BCUT2D eigenvalue weighted by Gasteiger charge is -2.15. The van der Waals surface area contributed by atoms with Crippen LogP contribution in [0.2, 0.25) is 5.02 Å². The third-order valence-electron chi connectivity index (χ3n) is 2.98. The van der Waals surface area contributed by atoms with Crippen LogP contribution in [0.15, 0.2) is 24.5 Å². The van der Waals surface area contributed by atoms with Gasteiger partial charge in [0.1, 0.15) is 6.33 Å². The van der Waals surface area contributed by atoms with Crippen molar-refractivity contribution in [1.82, 2.24) is 20.1 Å². The number of nitrogens with zero attached hydrogens (tertiary/aromatic N) is 3. The van der Waals surface area contributed by atoms with Crippen molar-refractivity contribution in [2.45, 2.75) is 13.0 Å². The first-order valence-corrected chi connectivity index (χ1v) is 6.52. The van der Waals surface area contributed by atoms with Gasteiger partial charge < -0.3 is 15.2 Å². The highest BCUT2D eigenvalue weighted by molar-refractivity contribution is 6.31. The molecule has 0 spiro atoms. The van der Waals surface area contributed by atoms with Gasteiger partial charge >= 0.3 is 0 Å². The molecule has 0 aliphatic heterocycles. The van der Waals surface area contributed by atoms with Gasteiger partial charge in [-0.15, -0.1) is 10.2 Å². The smallest absolute Gasteiger partial charge is 0.254 e. The summed E-state index contributed by atoms with van der Waals surface area (Å²) in [7, 11) is 3.59. The first kappa shape index (κ1) is 14.3. The summed E-state index contributed by atoms with van der Waals surface area (Å²) in [5.41, 5.74) is 1.21. The van der Waals surface area contributed by atoms with E-state index in [1.165, 1.54) is 0 Å². The zero-order valence-electron chi connectivity index (χ0n) is 11.5. The summed E-state index contributed by atoms with van der Waals surface area (Å²) in [5, 5.41) is 14.1. The molecule has 106 valence electrons. The van der Waals surface area contributed by atoms with Gasteiger partial charge in [0.2, 0.25) is 0 Å². The van der Waals surface area contributed by atoms with Crippen molar-refractivity contribution >= 4 is 23.2 Å². The number of benzene rings is 1. The molecule has 2 rings (SSSR count). The molecule has 0 bridgehead atoms. The Labute approximate surface area is 122 Å². The minimum Gasteiger partial charge on any atom is -0.387 e. The van der Waals surface area contributed by atoms with Crippen LogP contribution >= 0.6 is 11.6 Å². The second-order valence-electron chi connectivity index (χ2n) is 4.44. The molecule has 6 nitrogen and oxygen atoms in total. The van der Waals surface area contributed by atoms with Crippen LogP contribution in [0.5, 0.6) is 0 Å². The highest BCUT2D eigenvalue weighted by Crippen LogP contribution is 2.21. The molecule has 2 aromatic rings. The molecule has 1 unspecified atom stereocenters. The van der Waals surface area contributed by atoms with E-state index in [-0.39, 0.29) is 11.9 Å². The number of aryl methyl sites for hydroxylation is 1. The van der Waals surface area contributed by atoms with E-state index in [0.717, 1.165) is 5.69 Å². The van der Waals surface area contributed by atoms with E-state index in [4.69, 9.17) is 11.6 Å². The van der Waals surface area contributed by atoms with Crippen molar-refractivity contribution < 1.29 is 4.79 Å². The number of amides is 1. The van der Waals surface area contributed by atoms with Crippen LogP contribution in [-0.2, 0) is 7.05 Å². The summed E-state index contributed by atoms with van der Waals surface area (Å²) in [5.74, 6) is 0.471. The lowest BCUT2D eigenvalue weighted by Crippen LogP contribution is -2.29. The quantitative estimate of drug-likeness (QED) is 0.904. The van der Waals surface area contributed by atoms with Crippen molar-refractivity contribution in [3.63, 3.8) is 0 Å². The number of rotatable bonds is 4. The van der Waals surface area contributed by atoms with Gasteiger partial charge in [-0.3, -0.25) is 4.79 Å². The van der Waals surface area contributed by atoms with Crippen molar-refractivity contribution in [3.8, 4) is 0 Å². The van der Waals surface area contributed by atoms with Gasteiger partial charge in [-0.25, -0.2) is 0 Å². The van der Waals surface area contributed by atoms with E-state index in [1.54, 1.807) is 36.1 Å². The van der Waals surface area contributed by atoms with Gasteiger partial charge in [-0.2, -0.15) is 0 Å². The predicted molar refractivity (Wildman–Crippen MR) is 77.9 cm³/mol. The second-order valence-corrected chi connectivity index (χ2v) is 4.87. The fraction of sp³-hybridized carbons (Fsp3) is 0.308. The number of nitrogens with one attached hydrogen (secondary N) is 2. The third-order valence-corrected chi connectivity index (χ3v) is 3.21. The minimum absolute atomic E-state index is 0.215. The van der Waals surface area contributed by atoms with E-state index < -0.39 is 0 Å². The number of carbonyl (C=O) groups excluding carboxylic acids is 1. The molecule has 20 heavy (non-hydrogen) atoms. The van der Waals surface area contributed by atoms with E-state index in [0.29, 0.717) is 16.4 Å². The lowest BCUT2D eigenvalue weighted by atomic mass is 10.1. The number of aromatic nitrogens is 3. The summed E-state index contributed by atoms with van der Waals surface area (Å²) < 4.78 is 1.77. The van der Waals surface area contributed by atoms with Crippen molar-refractivity contribution in [2.75, 3.05) is 12.4 Å². The fourth-order valence-electron chi connectivity index (χ4n) is 1.95. The zero-order chi connectivity index (χ0) is 14.7. The number of hydrogen-bond acceptors (Lipinski definition) is 4. The van der Waals surface area contributed by atoms with Crippen LogP contribution in [0, 0.1) is 0 Å². The van der Waals surface area contributed by atoms with Gasteiger partial charge in [-0.1, -0.05) is 11.6 Å². The maximum atomic E-state index is 12.3. The largest absolute Gasteiger partial charge is 0.387 e. The topological polar surface area (TPSA) is 71.8 Å². The maximum Gasteiger partial charge on any atom is 0.254 e. The first-order chi connectivity index (χ1) is 9.52. The number of hydrogen-bond donors (Lipinski definition) is 2. The average Bonchev–Trinajstić information content (AvgIpc) is 2.85. The molecule has 7 heteroatoms. The molecule has 1 aromatic heterocycles. The molecule has 1 atom stereocenters. The molecular weight excluding hydrogens is 278 g/mol. The Morgan fingerprint density at radius 3 is 2.80 bits per heavy atom. The van der Waals surface area contributed by atoms with Gasteiger partial charge in [0.05, 0.1) is 11.6 Å². The van der Waals surface area contributed by atoms with Crippen molar-refractivity contribution in [1.29, 1.82) is 0 Å². The molecule has 0 radical (unpaired) electrons. The second kappa shape index (κ2) is 5.92. The SMILES string of the molecule is CNc1ccc(Cl)cc1C(=O)NC(C)c1nncn1C. The zero-order valence-corrected chi connectivity index (χ0v) is 12.3. The van der Waals surface area contributed by atoms with Gasteiger partial charge in [0.25, 0.3) is 5.91 Å². The van der Waals surface area contributed by atoms with E-state index in [2.05, 4.69) is 20.8 Å². The van der Waals surface area contributed by atoms with Crippen LogP contribution in [0.1, 0.15) is 29.1 Å². The van der Waals surface area contributed by atoms with E-state index in [9.17, 15) is 4.79 Å². The maximum absolute atomic E-state index is 12.3. The van der Waals surface area contributed by atoms with Gasteiger partial charge in [-0.05, 0) is 25.1 Å². The van der Waals surface area contributed by atoms with Crippen LogP contribution in [-0.4, -0.2) is 27.7 Å². The first-order valence-electron chi connectivity index (χ1n) is 6.15. The number of carbonyl (C=O) groups is 1. The van der Waals surface area contributed by atoms with E-state index >= 15 is 0 Å². The fourth-order valence-corrected chi connectivity index (χ4v) is 2.12. The molecule has 2 N–H and O–H groups in total. The minimum atomic E-state index is -0.251. The molecule has 0 aliphatic carbocycles. The monoisotopic (exact) mass is 293 g/mol. The van der Waals surface area contributed by atoms with Crippen molar-refractivity contribution in [3.05, 3.63) is 40.9 Å². The van der Waals surface area contributed by atoms with Gasteiger partial charge in [0.15, 0.2) is 5.82 Å². The molecule has 0 saturated carbocycles. The normalized spacial score (nSPS) is 12.0. The van der Waals surface area contributed by atoms with Crippen LogP contribution in [0.25, 0.3) is 0 Å². The summed E-state index contributed by atoms with van der Waals surface area (Å²) in [6.07, 6.45) is 1.59. The summed E-state index contributed by atoms with van der Waals surface area (Å²) in [6, 6.07) is 4.88. The Kier molecular flexibility index (Phi) is 4.24. The molecule has 0 aliphatic rings. The summed E-state index contributed by atoms with van der Waals surface area (Å²) in [6.45, 7) is 1.85. The third kappa shape index (κ3) is 2.91. The van der Waals surface area contributed by atoms with Crippen molar-refractivity contribution in [2.24, 2.45) is 7.05 Å². The Morgan fingerprint density at radius 1 is 1.45 bits per heavy atom. The predicted octanol–water partition coefficient (Wildman–Crippen LogP) is 2.00. The lowest BCUT2D eigenvalue weighted by molar-refractivity contribution is 0.0938. The summed E-state index contributed by atoms with van der Waals surface area (Å²) >= 11 is 5.94. The molecule has 1 aromatic carbocycles. The Morgan fingerprint density at radius 2 is 2.20 bits per heavy atom. The highest BCUT2D eigenvalue weighted by atomic mass is 35.5. The molecule has 0 saturated heterocycles. The highest BCUT2D eigenvalue weighted by Gasteiger charge is 2.17. The Bertz CT molecular complexity index is 625. The molecule has 1 heterocycles. The Hall–Kier alpha value is -2.08. The molecule has 0 fully saturated rings. The average molecular weight is 294 g/mol. The number of halogens is 1. The van der Waals surface area contributed by atoms with Crippen LogP contribution < -0.4 is 10.6 Å². The molecule has 1 amide bonds. The van der Waals surface area contributed by atoms with E-state index in [1.807, 2.05) is 14.0 Å². The van der Waals surface area contributed by atoms with Crippen LogP contribution in [0.4, 0.5) is 5.69 Å². The summed E-state index contributed by atoms with van der Waals surface area (Å²) in [4.78, 5) is 12.3. The standard InChI is InChI=1S/C13H16ClN5O/c1-8(12-18-16-7-19(12)3)17-13(20)10-6-9(14)4-5-11(10)15-2/h4-8,15H,1-3H3,(H,17,20). The number of anilines is 1. The van der Waals surface area contributed by atoms with Crippen LogP contribution in [0.3, 0.4) is 0 Å².